The lowest BCUT2D eigenvalue weighted by Crippen LogP contribution is -2.25. The molecule has 0 bridgehead atoms. The predicted octanol–water partition coefficient (Wildman–Crippen LogP) is 2.49. The van der Waals surface area contributed by atoms with Crippen LogP contribution >= 0.6 is 0 Å². The number of benzene rings is 1. The number of carbonyl (C=O) groups excluding carboxylic acids is 1. The van der Waals surface area contributed by atoms with Crippen molar-refractivity contribution in [2.24, 2.45) is 0 Å². The average Bonchev–Trinajstić information content (AvgIpc) is 3.29. The maximum absolute atomic E-state index is 12.3. The number of amides is 1. The molecule has 0 saturated carbocycles. The number of imidazole rings is 1. The van der Waals surface area contributed by atoms with Gasteiger partial charge in [0.25, 0.3) is 5.91 Å². The number of nitrogens with one attached hydrogen (secondary N) is 1. The number of pyridine rings is 1. The minimum atomic E-state index is -0.133. The third-order valence-corrected chi connectivity index (χ3v) is 3.95. The van der Waals surface area contributed by atoms with Crippen LogP contribution in [0.2, 0.25) is 0 Å². The summed E-state index contributed by atoms with van der Waals surface area (Å²) in [6.45, 7) is 0.527. The lowest BCUT2D eigenvalue weighted by Gasteiger charge is -2.02. The molecule has 0 fully saturated rings. The normalized spacial score (nSPS) is 10.9. The van der Waals surface area contributed by atoms with E-state index in [-0.39, 0.29) is 5.91 Å². The Morgan fingerprint density at radius 1 is 1.04 bits per heavy atom. The molecule has 0 spiro atoms. The van der Waals surface area contributed by atoms with Crippen LogP contribution < -0.4 is 5.32 Å². The van der Waals surface area contributed by atoms with Crippen molar-refractivity contribution in [1.29, 1.82) is 0 Å². The summed E-state index contributed by atoms with van der Waals surface area (Å²) in [5.74, 6) is -0.133. The summed E-state index contributed by atoms with van der Waals surface area (Å²) in [4.78, 5) is 16.8. The van der Waals surface area contributed by atoms with Gasteiger partial charge in [-0.3, -0.25) is 4.79 Å². The van der Waals surface area contributed by atoms with Crippen molar-refractivity contribution >= 4 is 11.6 Å². The molecular formula is C19H17N5O. The van der Waals surface area contributed by atoms with Crippen LogP contribution in [-0.4, -0.2) is 31.6 Å². The van der Waals surface area contributed by atoms with Crippen molar-refractivity contribution < 1.29 is 4.79 Å². The third kappa shape index (κ3) is 3.28. The van der Waals surface area contributed by atoms with Crippen LogP contribution in [0.5, 0.6) is 0 Å². The van der Waals surface area contributed by atoms with Gasteiger partial charge in [-0.15, -0.1) is 0 Å². The molecule has 0 unspecified atom stereocenters. The van der Waals surface area contributed by atoms with Crippen LogP contribution in [0.1, 0.15) is 16.1 Å². The Hall–Kier alpha value is -3.41. The Bertz CT molecular complexity index is 970. The monoisotopic (exact) mass is 331 g/mol. The fourth-order valence-corrected chi connectivity index (χ4v) is 2.68. The number of carbonyl (C=O) groups is 1. The van der Waals surface area contributed by atoms with E-state index >= 15 is 0 Å². The third-order valence-electron chi connectivity index (χ3n) is 3.95. The van der Waals surface area contributed by atoms with Crippen LogP contribution in [0.3, 0.4) is 0 Å². The maximum atomic E-state index is 12.3. The largest absolute Gasteiger partial charge is 0.352 e. The Morgan fingerprint density at radius 3 is 2.72 bits per heavy atom. The number of nitrogens with zero attached hydrogens (tertiary/aromatic N) is 4. The smallest absolute Gasteiger partial charge is 0.254 e. The molecule has 124 valence electrons. The van der Waals surface area contributed by atoms with E-state index in [1.54, 1.807) is 17.1 Å². The Balaban J connectivity index is 1.37. The van der Waals surface area contributed by atoms with E-state index < -0.39 is 0 Å². The molecule has 0 atom stereocenters. The first-order chi connectivity index (χ1) is 12.3. The number of hydrogen-bond donors (Lipinski definition) is 1. The fourth-order valence-electron chi connectivity index (χ4n) is 2.68. The molecule has 1 amide bonds. The molecule has 0 aliphatic heterocycles. The fraction of sp³-hybridized carbons (Fsp3) is 0.105. The van der Waals surface area contributed by atoms with E-state index in [2.05, 4.69) is 15.4 Å². The van der Waals surface area contributed by atoms with Gasteiger partial charge in [0.1, 0.15) is 5.65 Å². The summed E-state index contributed by atoms with van der Waals surface area (Å²) in [6, 6.07) is 15.6. The lowest BCUT2D eigenvalue weighted by molar-refractivity contribution is 0.0954. The first-order valence-corrected chi connectivity index (χ1v) is 8.10. The highest BCUT2D eigenvalue weighted by molar-refractivity contribution is 5.93. The number of aromatic nitrogens is 4. The van der Waals surface area contributed by atoms with Gasteiger partial charge >= 0.3 is 0 Å². The van der Waals surface area contributed by atoms with Gasteiger partial charge < -0.3 is 9.72 Å². The van der Waals surface area contributed by atoms with Gasteiger partial charge in [-0.25, -0.2) is 9.67 Å². The number of para-hydroxylation sites is 1. The van der Waals surface area contributed by atoms with Crippen LogP contribution in [0.4, 0.5) is 0 Å². The zero-order chi connectivity index (χ0) is 17.1. The summed E-state index contributed by atoms with van der Waals surface area (Å²) in [5.41, 5.74) is 3.32. The molecular weight excluding hydrogens is 314 g/mol. The van der Waals surface area contributed by atoms with Crippen molar-refractivity contribution in [2.75, 3.05) is 6.54 Å². The van der Waals surface area contributed by atoms with Crippen LogP contribution in [0.15, 0.2) is 73.3 Å². The highest BCUT2D eigenvalue weighted by Crippen LogP contribution is 2.08. The van der Waals surface area contributed by atoms with Gasteiger partial charge in [0.2, 0.25) is 0 Å². The Kier molecular flexibility index (Phi) is 4.00. The van der Waals surface area contributed by atoms with E-state index in [9.17, 15) is 4.79 Å². The number of rotatable bonds is 5. The SMILES string of the molecule is O=C(NCCc1cn2ccccc2n1)c1cnn(-c2ccccc2)c1. The second kappa shape index (κ2) is 6.60. The lowest BCUT2D eigenvalue weighted by atomic mass is 10.3. The van der Waals surface area contributed by atoms with E-state index in [1.807, 2.05) is 65.3 Å². The highest BCUT2D eigenvalue weighted by atomic mass is 16.1. The van der Waals surface area contributed by atoms with Crippen LogP contribution in [0.25, 0.3) is 11.3 Å². The maximum Gasteiger partial charge on any atom is 0.254 e. The Labute approximate surface area is 144 Å². The van der Waals surface area contributed by atoms with E-state index in [1.165, 1.54) is 0 Å². The van der Waals surface area contributed by atoms with Gasteiger partial charge in [-0.1, -0.05) is 24.3 Å². The number of hydrogen-bond acceptors (Lipinski definition) is 3. The molecule has 3 aromatic heterocycles. The zero-order valence-electron chi connectivity index (χ0n) is 13.5. The van der Waals surface area contributed by atoms with Crippen molar-refractivity contribution in [1.82, 2.24) is 24.5 Å². The van der Waals surface area contributed by atoms with Gasteiger partial charge in [0.05, 0.1) is 23.1 Å². The standard InChI is InChI=1S/C19H17N5O/c25-19(15-12-21-24(13-15)17-6-2-1-3-7-17)20-10-9-16-14-23-11-5-4-8-18(23)22-16/h1-8,11-14H,9-10H2,(H,20,25). The highest BCUT2D eigenvalue weighted by Gasteiger charge is 2.09. The summed E-state index contributed by atoms with van der Waals surface area (Å²) in [5, 5.41) is 7.16. The zero-order valence-corrected chi connectivity index (χ0v) is 13.5. The molecule has 0 saturated heterocycles. The summed E-state index contributed by atoms with van der Waals surface area (Å²) in [6.07, 6.45) is 7.93. The summed E-state index contributed by atoms with van der Waals surface area (Å²) >= 11 is 0. The molecule has 25 heavy (non-hydrogen) atoms. The van der Waals surface area contributed by atoms with Gasteiger partial charge in [-0.2, -0.15) is 5.10 Å². The van der Waals surface area contributed by atoms with Crippen molar-refractivity contribution in [2.45, 2.75) is 6.42 Å². The van der Waals surface area contributed by atoms with Crippen molar-refractivity contribution in [3.63, 3.8) is 0 Å². The minimum Gasteiger partial charge on any atom is -0.352 e. The van der Waals surface area contributed by atoms with Crippen molar-refractivity contribution in [3.05, 3.63) is 84.6 Å². The summed E-state index contributed by atoms with van der Waals surface area (Å²) in [7, 11) is 0. The first-order valence-electron chi connectivity index (χ1n) is 8.10. The van der Waals surface area contributed by atoms with Gasteiger partial charge in [-0.05, 0) is 24.3 Å². The molecule has 0 radical (unpaired) electrons. The number of fused-ring (bicyclic) bond motifs is 1. The molecule has 6 heteroatoms. The second-order valence-electron chi connectivity index (χ2n) is 5.71. The van der Waals surface area contributed by atoms with Crippen LogP contribution in [0, 0.1) is 0 Å². The van der Waals surface area contributed by atoms with E-state index in [0.29, 0.717) is 18.5 Å². The quantitative estimate of drug-likeness (QED) is 0.611. The molecule has 4 aromatic rings. The molecule has 0 aliphatic rings. The molecule has 1 aromatic carbocycles. The molecule has 3 heterocycles. The first kappa shape index (κ1) is 15.1. The molecule has 1 N–H and O–H groups in total. The second-order valence-corrected chi connectivity index (χ2v) is 5.71. The van der Waals surface area contributed by atoms with Crippen LogP contribution in [-0.2, 0) is 6.42 Å². The van der Waals surface area contributed by atoms with Gasteiger partial charge in [0.15, 0.2) is 0 Å². The minimum absolute atomic E-state index is 0.133. The van der Waals surface area contributed by atoms with Gasteiger partial charge in [0, 0.05) is 31.6 Å². The van der Waals surface area contributed by atoms with Crippen molar-refractivity contribution in [3.8, 4) is 5.69 Å². The Morgan fingerprint density at radius 2 is 1.88 bits per heavy atom. The molecule has 6 nitrogen and oxygen atoms in total. The van der Waals surface area contributed by atoms with E-state index in [0.717, 1.165) is 17.0 Å². The topological polar surface area (TPSA) is 64.2 Å². The molecule has 4 rings (SSSR count). The summed E-state index contributed by atoms with van der Waals surface area (Å²) < 4.78 is 3.66. The molecule has 0 aliphatic carbocycles. The average molecular weight is 331 g/mol. The van der Waals surface area contributed by atoms with E-state index in [4.69, 9.17) is 0 Å². The predicted molar refractivity (Wildman–Crippen MR) is 94.8 cm³/mol.